The maximum absolute atomic E-state index is 13.1. The fraction of sp³-hybridized carbons (Fsp3) is 0.500. The third kappa shape index (κ3) is 3.18. The fourth-order valence-electron chi connectivity index (χ4n) is 4.58. The van der Waals surface area contributed by atoms with Crippen LogP contribution >= 0.6 is 0 Å². The lowest BCUT2D eigenvalue weighted by Gasteiger charge is -2.26. The second-order valence-electron chi connectivity index (χ2n) is 8.27. The molecule has 3 atom stereocenters. The second kappa shape index (κ2) is 6.78. The summed E-state index contributed by atoms with van der Waals surface area (Å²) in [7, 11) is 0. The maximum Gasteiger partial charge on any atom is 0.437 e. The van der Waals surface area contributed by atoms with Crippen molar-refractivity contribution in [2.75, 3.05) is 37.8 Å². The minimum atomic E-state index is -4.53. The Morgan fingerprint density at radius 3 is 2.65 bits per heavy atom. The van der Waals surface area contributed by atoms with Gasteiger partial charge < -0.3 is 14.4 Å². The Morgan fingerprint density at radius 1 is 1.13 bits per heavy atom. The number of piperidine rings is 1. The third-order valence-electron chi connectivity index (χ3n) is 6.42. The van der Waals surface area contributed by atoms with Gasteiger partial charge in [-0.25, -0.2) is 19.6 Å². The zero-order valence-electron chi connectivity index (χ0n) is 16.4. The van der Waals surface area contributed by atoms with Crippen LogP contribution < -0.4 is 9.64 Å². The van der Waals surface area contributed by atoms with Crippen LogP contribution in [0.25, 0.3) is 11.2 Å². The van der Waals surface area contributed by atoms with E-state index in [4.69, 9.17) is 14.5 Å². The summed E-state index contributed by atoms with van der Waals surface area (Å²) in [5.41, 5.74) is 0.533. The van der Waals surface area contributed by atoms with Gasteiger partial charge >= 0.3 is 6.18 Å². The summed E-state index contributed by atoms with van der Waals surface area (Å²) < 4.78 is 51.9. The van der Waals surface area contributed by atoms with E-state index in [1.165, 1.54) is 12.1 Å². The van der Waals surface area contributed by atoms with E-state index in [1.807, 2.05) is 4.68 Å². The van der Waals surface area contributed by atoms with Crippen LogP contribution in [-0.2, 0) is 10.9 Å². The Balaban J connectivity index is 1.11. The zero-order valence-corrected chi connectivity index (χ0v) is 16.4. The lowest BCUT2D eigenvalue weighted by atomic mass is 10.2. The molecule has 1 aliphatic carbocycles. The predicted molar refractivity (Wildman–Crippen MR) is 103 cm³/mol. The highest BCUT2D eigenvalue weighted by molar-refractivity contribution is 5.71. The van der Waals surface area contributed by atoms with Crippen LogP contribution in [-0.4, -0.2) is 57.6 Å². The highest BCUT2D eigenvalue weighted by Crippen LogP contribution is 2.52. The van der Waals surface area contributed by atoms with Gasteiger partial charge in [-0.15, -0.1) is 0 Å². The van der Waals surface area contributed by atoms with Crippen molar-refractivity contribution in [2.24, 2.45) is 17.8 Å². The van der Waals surface area contributed by atoms with Crippen LogP contribution in [0.15, 0.2) is 30.7 Å². The molecule has 8 nitrogen and oxygen atoms in total. The number of fused-ring (bicyclic) bond motifs is 2. The van der Waals surface area contributed by atoms with Crippen molar-refractivity contribution in [3.63, 3.8) is 0 Å². The van der Waals surface area contributed by atoms with Crippen LogP contribution in [0.2, 0.25) is 0 Å². The third-order valence-corrected chi connectivity index (χ3v) is 6.42. The molecule has 0 bridgehead atoms. The summed E-state index contributed by atoms with van der Waals surface area (Å²) in [6.07, 6.45) is 0.0729. The molecule has 0 spiro atoms. The molecule has 0 N–H and O–H groups in total. The van der Waals surface area contributed by atoms with Crippen molar-refractivity contribution in [3.05, 3.63) is 36.4 Å². The van der Waals surface area contributed by atoms with Gasteiger partial charge in [0.1, 0.15) is 23.1 Å². The molecule has 162 valence electrons. The SMILES string of the molecule is FC(F)(F)c1ncccc1OC[C@H]1[C@H]2CN(c3cnc4cnn(C5COC5)c4n3)C[C@@H]12. The molecular weight excluding hydrogens is 413 g/mol. The number of aromatic nitrogens is 5. The highest BCUT2D eigenvalue weighted by atomic mass is 19.4. The molecule has 1 saturated carbocycles. The summed E-state index contributed by atoms with van der Waals surface area (Å²) in [6, 6.07) is 2.97. The van der Waals surface area contributed by atoms with Crippen LogP contribution in [0.1, 0.15) is 11.7 Å². The minimum absolute atomic E-state index is 0.199. The first-order valence-corrected chi connectivity index (χ1v) is 10.2. The van der Waals surface area contributed by atoms with Gasteiger partial charge in [0.15, 0.2) is 11.3 Å². The molecule has 3 fully saturated rings. The summed E-state index contributed by atoms with van der Waals surface area (Å²) in [5.74, 6) is 1.60. The predicted octanol–water partition coefficient (Wildman–Crippen LogP) is 2.57. The highest BCUT2D eigenvalue weighted by Gasteiger charge is 2.56. The van der Waals surface area contributed by atoms with Crippen molar-refractivity contribution in [1.82, 2.24) is 24.7 Å². The van der Waals surface area contributed by atoms with Gasteiger partial charge in [-0.05, 0) is 24.0 Å². The number of halogens is 3. The number of anilines is 1. The second-order valence-corrected chi connectivity index (χ2v) is 8.27. The van der Waals surface area contributed by atoms with Crippen molar-refractivity contribution >= 4 is 17.0 Å². The van der Waals surface area contributed by atoms with Gasteiger partial charge in [0.2, 0.25) is 0 Å². The Morgan fingerprint density at radius 2 is 1.94 bits per heavy atom. The Kier molecular flexibility index (Phi) is 4.11. The first-order valence-electron chi connectivity index (χ1n) is 10.2. The molecule has 6 rings (SSSR count). The van der Waals surface area contributed by atoms with Crippen molar-refractivity contribution in [1.29, 1.82) is 0 Å². The molecular formula is C20H19F3N6O2. The van der Waals surface area contributed by atoms with Gasteiger partial charge in [-0.2, -0.15) is 18.3 Å². The standard InChI is InChI=1S/C20H19F3N6O2/c21-20(22,23)18-16(2-1-3-24-18)31-10-14-12-6-28(7-13(12)14)17-5-25-15-4-26-29(19(15)27-17)11-8-30-9-11/h1-5,11-14H,6-10H2/t12-,13+,14-. The monoisotopic (exact) mass is 432 g/mol. The van der Waals surface area contributed by atoms with E-state index >= 15 is 0 Å². The number of alkyl halides is 3. The van der Waals surface area contributed by atoms with E-state index in [-0.39, 0.29) is 24.3 Å². The number of hydrogen-bond acceptors (Lipinski definition) is 7. The Bertz CT molecular complexity index is 1120. The summed E-state index contributed by atoms with van der Waals surface area (Å²) >= 11 is 0. The number of rotatable bonds is 5. The smallest absolute Gasteiger partial charge is 0.437 e. The number of hydrogen-bond donors (Lipinski definition) is 0. The number of ether oxygens (including phenoxy) is 2. The lowest BCUT2D eigenvalue weighted by molar-refractivity contribution is -0.142. The molecule has 5 heterocycles. The molecule has 3 aromatic heterocycles. The van der Waals surface area contributed by atoms with Gasteiger partial charge in [0.05, 0.1) is 32.2 Å². The molecule has 31 heavy (non-hydrogen) atoms. The van der Waals surface area contributed by atoms with E-state index in [0.717, 1.165) is 36.3 Å². The van der Waals surface area contributed by atoms with Crippen LogP contribution in [0.5, 0.6) is 5.75 Å². The van der Waals surface area contributed by atoms with E-state index in [0.29, 0.717) is 25.0 Å². The first kappa shape index (κ1) is 18.8. The molecule has 11 heteroatoms. The Hall–Kier alpha value is -2.95. The van der Waals surface area contributed by atoms with Crippen LogP contribution in [0.4, 0.5) is 19.0 Å². The lowest BCUT2D eigenvalue weighted by Crippen LogP contribution is -2.31. The van der Waals surface area contributed by atoms with E-state index in [9.17, 15) is 13.2 Å². The summed E-state index contributed by atoms with van der Waals surface area (Å²) in [6.45, 7) is 3.10. The molecule has 0 aromatic carbocycles. The number of nitrogens with zero attached hydrogens (tertiary/aromatic N) is 6. The van der Waals surface area contributed by atoms with Gasteiger partial charge in [-0.3, -0.25) is 0 Å². The van der Waals surface area contributed by atoms with Gasteiger partial charge in [-0.1, -0.05) is 0 Å². The average Bonchev–Trinajstić information content (AvgIpc) is 3.05. The summed E-state index contributed by atoms with van der Waals surface area (Å²) in [5, 5.41) is 4.39. The molecule has 2 aliphatic heterocycles. The molecule has 3 aromatic rings. The van der Waals surface area contributed by atoms with Crippen LogP contribution in [0.3, 0.4) is 0 Å². The van der Waals surface area contributed by atoms with Crippen LogP contribution in [0, 0.1) is 17.8 Å². The van der Waals surface area contributed by atoms with Gasteiger partial charge in [0.25, 0.3) is 0 Å². The van der Waals surface area contributed by atoms with E-state index in [2.05, 4.69) is 20.0 Å². The molecule has 0 radical (unpaired) electrons. The minimum Gasteiger partial charge on any atom is -0.491 e. The van der Waals surface area contributed by atoms with Gasteiger partial charge in [0, 0.05) is 25.2 Å². The molecule has 0 unspecified atom stereocenters. The van der Waals surface area contributed by atoms with Crippen molar-refractivity contribution in [2.45, 2.75) is 12.2 Å². The molecule has 2 saturated heterocycles. The summed E-state index contributed by atoms with van der Waals surface area (Å²) in [4.78, 5) is 14.9. The Labute approximate surface area is 175 Å². The average molecular weight is 432 g/mol. The largest absolute Gasteiger partial charge is 0.491 e. The maximum atomic E-state index is 13.1. The zero-order chi connectivity index (χ0) is 21.2. The number of pyridine rings is 1. The molecule has 0 amide bonds. The normalized spacial score (nSPS) is 25.5. The first-order chi connectivity index (χ1) is 15.0. The topological polar surface area (TPSA) is 78.2 Å². The van der Waals surface area contributed by atoms with Crippen molar-refractivity contribution in [3.8, 4) is 5.75 Å². The fourth-order valence-corrected chi connectivity index (χ4v) is 4.58. The van der Waals surface area contributed by atoms with Crippen molar-refractivity contribution < 1.29 is 22.6 Å². The quantitative estimate of drug-likeness (QED) is 0.613. The molecule has 3 aliphatic rings. The van der Waals surface area contributed by atoms with E-state index < -0.39 is 11.9 Å². The van der Waals surface area contributed by atoms with E-state index in [1.54, 1.807) is 12.4 Å².